The first kappa shape index (κ1) is 15.2. The number of nitrogens with zero attached hydrogens (tertiary/aromatic N) is 1. The molecule has 6 heteroatoms. The molecule has 0 aliphatic heterocycles. The molecule has 0 atom stereocenters. The summed E-state index contributed by atoms with van der Waals surface area (Å²) in [6, 6.07) is 12.3. The summed E-state index contributed by atoms with van der Waals surface area (Å²) in [5.74, 6) is 0. The summed E-state index contributed by atoms with van der Waals surface area (Å²) in [5, 5.41) is 4.51. The monoisotopic (exact) mass is 349 g/mol. The van der Waals surface area contributed by atoms with Crippen molar-refractivity contribution < 1.29 is 8.42 Å². The maximum absolute atomic E-state index is 11.9. The van der Waals surface area contributed by atoms with Crippen molar-refractivity contribution in [1.82, 2.24) is 4.98 Å². The van der Waals surface area contributed by atoms with Crippen molar-refractivity contribution in [1.29, 1.82) is 0 Å². The highest BCUT2D eigenvalue weighted by Gasteiger charge is 2.13. The summed E-state index contributed by atoms with van der Waals surface area (Å²) in [6.45, 7) is 0. The standard InChI is InChI=1S/C16H12ClNO2S2/c1-22(19,20)14-8-15(11-2-4-13(17)5-3-11)18-16(9-14)12-6-7-21-10-12/h2-10H,1H3. The predicted molar refractivity (Wildman–Crippen MR) is 91.1 cm³/mol. The van der Waals surface area contributed by atoms with Crippen LogP contribution in [-0.4, -0.2) is 19.7 Å². The third kappa shape index (κ3) is 3.21. The Hall–Kier alpha value is -1.69. The van der Waals surface area contributed by atoms with Crippen molar-refractivity contribution in [3.8, 4) is 22.5 Å². The Bertz CT molecular complexity index is 902. The third-order valence-electron chi connectivity index (χ3n) is 3.18. The van der Waals surface area contributed by atoms with Crippen LogP contribution in [0.1, 0.15) is 0 Å². The van der Waals surface area contributed by atoms with Gasteiger partial charge in [0, 0.05) is 27.8 Å². The Morgan fingerprint density at radius 1 is 1.00 bits per heavy atom. The van der Waals surface area contributed by atoms with Crippen molar-refractivity contribution in [2.24, 2.45) is 0 Å². The first-order chi connectivity index (χ1) is 10.4. The van der Waals surface area contributed by atoms with Gasteiger partial charge in [-0.1, -0.05) is 23.7 Å². The largest absolute Gasteiger partial charge is 0.248 e. The van der Waals surface area contributed by atoms with Crippen LogP contribution in [0.2, 0.25) is 5.02 Å². The summed E-state index contributed by atoms with van der Waals surface area (Å²) in [5.41, 5.74) is 2.99. The topological polar surface area (TPSA) is 47.0 Å². The number of benzene rings is 1. The fourth-order valence-electron chi connectivity index (χ4n) is 2.05. The Morgan fingerprint density at radius 2 is 1.64 bits per heavy atom. The zero-order valence-electron chi connectivity index (χ0n) is 11.7. The Kier molecular flexibility index (Phi) is 4.04. The minimum absolute atomic E-state index is 0.258. The molecule has 0 bridgehead atoms. The van der Waals surface area contributed by atoms with Gasteiger partial charge in [-0.2, -0.15) is 11.3 Å². The van der Waals surface area contributed by atoms with E-state index < -0.39 is 9.84 Å². The zero-order valence-corrected chi connectivity index (χ0v) is 14.0. The van der Waals surface area contributed by atoms with Crippen molar-refractivity contribution in [3.05, 3.63) is 58.2 Å². The number of aromatic nitrogens is 1. The van der Waals surface area contributed by atoms with Crippen LogP contribution in [0.15, 0.2) is 58.1 Å². The molecule has 0 spiro atoms. The molecule has 2 aromatic heterocycles. The predicted octanol–water partition coefficient (Wildman–Crippen LogP) is 4.53. The van der Waals surface area contributed by atoms with Crippen LogP contribution in [0, 0.1) is 0 Å². The summed E-state index contributed by atoms with van der Waals surface area (Å²) in [7, 11) is -3.32. The minimum atomic E-state index is -3.32. The van der Waals surface area contributed by atoms with E-state index in [2.05, 4.69) is 4.98 Å². The van der Waals surface area contributed by atoms with Gasteiger partial charge in [0.25, 0.3) is 0 Å². The van der Waals surface area contributed by atoms with E-state index in [1.807, 2.05) is 29.0 Å². The lowest BCUT2D eigenvalue weighted by atomic mass is 10.1. The van der Waals surface area contributed by atoms with Crippen LogP contribution in [0.3, 0.4) is 0 Å². The van der Waals surface area contributed by atoms with E-state index in [0.29, 0.717) is 16.4 Å². The molecule has 0 radical (unpaired) electrons. The fraction of sp³-hybridized carbons (Fsp3) is 0.0625. The first-order valence-corrected chi connectivity index (χ1v) is 9.65. The van der Waals surface area contributed by atoms with Gasteiger partial charge in [0.05, 0.1) is 16.3 Å². The molecule has 3 nitrogen and oxygen atoms in total. The fourth-order valence-corrected chi connectivity index (χ4v) is 3.47. The lowest BCUT2D eigenvalue weighted by Crippen LogP contribution is -2.00. The SMILES string of the molecule is CS(=O)(=O)c1cc(-c2ccc(Cl)cc2)nc(-c2ccsc2)c1. The number of pyridine rings is 1. The molecule has 3 aromatic rings. The van der Waals surface area contributed by atoms with Gasteiger partial charge in [-0.15, -0.1) is 0 Å². The van der Waals surface area contributed by atoms with E-state index in [0.717, 1.165) is 11.1 Å². The average Bonchev–Trinajstić information content (AvgIpc) is 3.01. The Labute approximate surface area is 138 Å². The van der Waals surface area contributed by atoms with E-state index in [-0.39, 0.29) is 4.90 Å². The summed E-state index contributed by atoms with van der Waals surface area (Å²) < 4.78 is 23.9. The molecule has 112 valence electrons. The van der Waals surface area contributed by atoms with Crippen molar-refractivity contribution in [2.45, 2.75) is 4.90 Å². The lowest BCUT2D eigenvalue weighted by molar-refractivity contribution is 0.602. The molecule has 0 amide bonds. The number of sulfone groups is 1. The second kappa shape index (κ2) is 5.83. The van der Waals surface area contributed by atoms with Gasteiger partial charge in [-0.25, -0.2) is 13.4 Å². The molecule has 0 aliphatic rings. The zero-order chi connectivity index (χ0) is 15.7. The summed E-state index contributed by atoms with van der Waals surface area (Å²) >= 11 is 7.45. The van der Waals surface area contributed by atoms with Crippen LogP contribution in [-0.2, 0) is 9.84 Å². The van der Waals surface area contributed by atoms with Gasteiger partial charge in [0.1, 0.15) is 0 Å². The highest BCUT2D eigenvalue weighted by atomic mass is 35.5. The molecule has 1 aromatic carbocycles. The van der Waals surface area contributed by atoms with Crippen LogP contribution >= 0.6 is 22.9 Å². The number of hydrogen-bond acceptors (Lipinski definition) is 4. The van der Waals surface area contributed by atoms with Gasteiger partial charge < -0.3 is 0 Å². The van der Waals surface area contributed by atoms with Gasteiger partial charge in [0.15, 0.2) is 9.84 Å². The van der Waals surface area contributed by atoms with Gasteiger partial charge >= 0.3 is 0 Å². The molecular formula is C16H12ClNO2S2. The smallest absolute Gasteiger partial charge is 0.175 e. The van der Waals surface area contributed by atoms with Crippen LogP contribution in [0.25, 0.3) is 22.5 Å². The van der Waals surface area contributed by atoms with Crippen molar-refractivity contribution in [3.63, 3.8) is 0 Å². The second-order valence-corrected chi connectivity index (χ2v) is 8.10. The number of halogens is 1. The Balaban J connectivity index is 2.21. The van der Waals surface area contributed by atoms with Crippen LogP contribution < -0.4 is 0 Å². The van der Waals surface area contributed by atoms with Gasteiger partial charge in [0.2, 0.25) is 0 Å². The maximum Gasteiger partial charge on any atom is 0.175 e. The number of rotatable bonds is 3. The van der Waals surface area contributed by atoms with Crippen molar-refractivity contribution >= 4 is 32.8 Å². The number of hydrogen-bond donors (Lipinski definition) is 0. The summed E-state index contributed by atoms with van der Waals surface area (Å²) in [4.78, 5) is 4.85. The summed E-state index contributed by atoms with van der Waals surface area (Å²) in [6.07, 6.45) is 1.20. The molecule has 0 saturated carbocycles. The van der Waals surface area contributed by atoms with E-state index in [1.165, 1.54) is 6.26 Å². The van der Waals surface area contributed by atoms with E-state index >= 15 is 0 Å². The third-order valence-corrected chi connectivity index (χ3v) is 5.21. The van der Waals surface area contributed by atoms with Crippen LogP contribution in [0.5, 0.6) is 0 Å². The molecule has 0 unspecified atom stereocenters. The quantitative estimate of drug-likeness (QED) is 0.697. The van der Waals surface area contributed by atoms with E-state index in [9.17, 15) is 8.42 Å². The average molecular weight is 350 g/mol. The normalized spacial score (nSPS) is 11.5. The lowest BCUT2D eigenvalue weighted by Gasteiger charge is -2.08. The van der Waals surface area contributed by atoms with Gasteiger partial charge in [-0.3, -0.25) is 0 Å². The van der Waals surface area contributed by atoms with Gasteiger partial charge in [-0.05, 0) is 35.7 Å². The molecule has 0 saturated heterocycles. The van der Waals surface area contributed by atoms with Crippen LogP contribution in [0.4, 0.5) is 0 Å². The van der Waals surface area contributed by atoms with E-state index in [4.69, 9.17) is 11.6 Å². The molecule has 3 rings (SSSR count). The Morgan fingerprint density at radius 3 is 2.18 bits per heavy atom. The minimum Gasteiger partial charge on any atom is -0.248 e. The van der Waals surface area contributed by atoms with E-state index in [1.54, 1.807) is 35.6 Å². The second-order valence-electron chi connectivity index (χ2n) is 4.86. The molecule has 0 fully saturated rings. The maximum atomic E-state index is 11.9. The molecular weight excluding hydrogens is 338 g/mol. The molecule has 0 N–H and O–H groups in total. The van der Waals surface area contributed by atoms with Crippen molar-refractivity contribution in [2.75, 3.05) is 6.26 Å². The molecule has 22 heavy (non-hydrogen) atoms. The number of thiophene rings is 1. The highest BCUT2D eigenvalue weighted by molar-refractivity contribution is 7.90. The molecule has 0 aliphatic carbocycles. The highest BCUT2D eigenvalue weighted by Crippen LogP contribution is 2.28. The molecule has 2 heterocycles. The first-order valence-electron chi connectivity index (χ1n) is 6.44.